The minimum absolute atomic E-state index is 0.361. The van der Waals surface area contributed by atoms with Crippen molar-refractivity contribution < 1.29 is 0 Å². The minimum atomic E-state index is 0.361. The van der Waals surface area contributed by atoms with E-state index in [-0.39, 0.29) is 0 Å². The molecular formula is C22H29N7S. The summed E-state index contributed by atoms with van der Waals surface area (Å²) in [7, 11) is 1.98. The molecule has 2 aromatic heterocycles. The lowest BCUT2D eigenvalue weighted by Gasteiger charge is -2.20. The molecule has 1 saturated heterocycles. The zero-order valence-electron chi connectivity index (χ0n) is 17.6. The van der Waals surface area contributed by atoms with Crippen LogP contribution in [0.2, 0.25) is 0 Å². The summed E-state index contributed by atoms with van der Waals surface area (Å²) in [4.78, 5) is 8.60. The summed E-state index contributed by atoms with van der Waals surface area (Å²) < 4.78 is 1.99. The molecule has 0 aliphatic carbocycles. The van der Waals surface area contributed by atoms with E-state index in [2.05, 4.69) is 73.6 Å². The number of aromatic nitrogens is 3. The van der Waals surface area contributed by atoms with E-state index >= 15 is 0 Å². The Kier molecular flexibility index (Phi) is 6.63. The minimum Gasteiger partial charge on any atom is -0.369 e. The van der Waals surface area contributed by atoms with Crippen LogP contribution < -0.4 is 15.5 Å². The molecule has 2 N–H and O–H groups in total. The van der Waals surface area contributed by atoms with E-state index in [4.69, 9.17) is 4.99 Å². The molecule has 1 aliphatic rings. The largest absolute Gasteiger partial charge is 0.369 e. The van der Waals surface area contributed by atoms with Gasteiger partial charge in [-0.3, -0.25) is 0 Å². The Morgan fingerprint density at radius 1 is 1.20 bits per heavy atom. The molecule has 7 nitrogen and oxygen atoms in total. The highest BCUT2D eigenvalue weighted by Crippen LogP contribution is 2.19. The number of benzene rings is 1. The van der Waals surface area contributed by atoms with Crippen molar-refractivity contribution in [2.75, 3.05) is 24.5 Å². The summed E-state index contributed by atoms with van der Waals surface area (Å²) in [6.45, 7) is 5.32. The monoisotopic (exact) mass is 423 g/mol. The number of nitrogens with one attached hydrogen (secondary N) is 2. The van der Waals surface area contributed by atoms with Crippen molar-refractivity contribution in [1.82, 2.24) is 25.4 Å². The Hall–Kier alpha value is -2.87. The van der Waals surface area contributed by atoms with Gasteiger partial charge in [-0.2, -0.15) is 0 Å². The van der Waals surface area contributed by atoms with Crippen LogP contribution >= 0.6 is 11.3 Å². The van der Waals surface area contributed by atoms with Crippen LogP contribution in [0, 0.1) is 6.92 Å². The second-order valence-corrected chi connectivity index (χ2v) is 8.59. The van der Waals surface area contributed by atoms with Crippen LogP contribution in [0.15, 0.2) is 52.8 Å². The summed E-state index contributed by atoms with van der Waals surface area (Å²) in [6.07, 6.45) is 2.08. The first kappa shape index (κ1) is 20.4. The van der Waals surface area contributed by atoms with E-state index in [0.29, 0.717) is 12.6 Å². The first-order valence-corrected chi connectivity index (χ1v) is 11.3. The molecule has 0 amide bonds. The van der Waals surface area contributed by atoms with Crippen molar-refractivity contribution >= 4 is 23.0 Å². The first-order valence-electron chi connectivity index (χ1n) is 10.4. The Labute approximate surface area is 181 Å². The summed E-state index contributed by atoms with van der Waals surface area (Å²) in [5.41, 5.74) is 1.28. The fraction of sp³-hybridized carbons (Fsp3) is 0.409. The molecule has 3 aromatic rings. The third-order valence-corrected chi connectivity index (χ3v) is 6.39. The van der Waals surface area contributed by atoms with Gasteiger partial charge in [-0.25, -0.2) is 4.99 Å². The van der Waals surface area contributed by atoms with E-state index in [1.807, 2.05) is 18.5 Å². The number of hydrogen-bond acceptors (Lipinski definition) is 5. The molecule has 30 heavy (non-hydrogen) atoms. The maximum Gasteiger partial charge on any atom is 0.192 e. The highest BCUT2D eigenvalue weighted by molar-refractivity contribution is 7.09. The molecule has 0 bridgehead atoms. The number of thiophene rings is 1. The number of nitrogens with zero attached hydrogens (tertiary/aromatic N) is 5. The van der Waals surface area contributed by atoms with Gasteiger partial charge in [0.1, 0.15) is 12.4 Å². The Morgan fingerprint density at radius 3 is 2.80 bits per heavy atom. The molecule has 8 heteroatoms. The van der Waals surface area contributed by atoms with Gasteiger partial charge in [0.2, 0.25) is 0 Å². The number of rotatable bonds is 7. The van der Waals surface area contributed by atoms with Gasteiger partial charge in [-0.05, 0) is 43.3 Å². The topological polar surface area (TPSA) is 70.4 Å². The standard InChI is InChI=1S/C22H29N7S/c1-17-26-27-21(28(17)2)15-24-22(23-12-10-20-9-6-14-30-20)25-18-11-13-29(16-18)19-7-4-3-5-8-19/h3-9,14,18H,10-13,15-16H2,1-2H3,(H2,23,24,25). The maximum absolute atomic E-state index is 4.80. The predicted octanol–water partition coefficient (Wildman–Crippen LogP) is 2.74. The molecule has 1 aromatic carbocycles. The molecule has 158 valence electrons. The van der Waals surface area contributed by atoms with E-state index in [0.717, 1.165) is 50.1 Å². The summed E-state index contributed by atoms with van der Waals surface area (Å²) in [5.74, 6) is 2.60. The van der Waals surface area contributed by atoms with Crippen molar-refractivity contribution in [2.45, 2.75) is 32.4 Å². The molecule has 1 aliphatic heterocycles. The van der Waals surface area contributed by atoms with Crippen LogP contribution in [-0.4, -0.2) is 46.4 Å². The highest BCUT2D eigenvalue weighted by Gasteiger charge is 2.23. The molecule has 0 radical (unpaired) electrons. The number of anilines is 1. The average Bonchev–Trinajstić information content (AvgIpc) is 3.51. The van der Waals surface area contributed by atoms with Gasteiger partial charge < -0.3 is 20.1 Å². The third kappa shape index (κ3) is 5.18. The normalized spacial score (nSPS) is 16.8. The van der Waals surface area contributed by atoms with Crippen LogP contribution in [0.4, 0.5) is 5.69 Å². The number of hydrogen-bond donors (Lipinski definition) is 2. The van der Waals surface area contributed by atoms with Crippen LogP contribution in [-0.2, 0) is 20.0 Å². The van der Waals surface area contributed by atoms with Crippen LogP contribution in [0.1, 0.15) is 22.9 Å². The molecule has 4 rings (SSSR count). The lowest BCUT2D eigenvalue weighted by Crippen LogP contribution is -2.45. The molecule has 1 unspecified atom stereocenters. The summed E-state index contributed by atoms with van der Waals surface area (Å²) >= 11 is 1.79. The zero-order chi connectivity index (χ0) is 20.8. The summed E-state index contributed by atoms with van der Waals surface area (Å²) in [6, 6.07) is 15.2. The predicted molar refractivity (Wildman–Crippen MR) is 123 cm³/mol. The second-order valence-electron chi connectivity index (χ2n) is 7.55. The Bertz CT molecular complexity index is 949. The maximum atomic E-state index is 4.80. The number of aryl methyl sites for hydroxylation is 1. The third-order valence-electron chi connectivity index (χ3n) is 5.46. The Balaban J connectivity index is 1.38. The van der Waals surface area contributed by atoms with Gasteiger partial charge in [-0.1, -0.05) is 24.3 Å². The number of aliphatic imine (C=N–C) groups is 1. The fourth-order valence-corrected chi connectivity index (χ4v) is 4.30. The van der Waals surface area contributed by atoms with Crippen molar-refractivity contribution in [1.29, 1.82) is 0 Å². The van der Waals surface area contributed by atoms with Gasteiger partial charge in [0.25, 0.3) is 0 Å². The smallest absolute Gasteiger partial charge is 0.192 e. The average molecular weight is 424 g/mol. The van der Waals surface area contributed by atoms with Gasteiger partial charge >= 0.3 is 0 Å². The van der Waals surface area contributed by atoms with Crippen LogP contribution in [0.25, 0.3) is 0 Å². The lowest BCUT2D eigenvalue weighted by atomic mass is 10.2. The first-order chi connectivity index (χ1) is 14.7. The zero-order valence-corrected chi connectivity index (χ0v) is 18.4. The van der Waals surface area contributed by atoms with Gasteiger partial charge in [0.15, 0.2) is 11.8 Å². The second kappa shape index (κ2) is 9.75. The van der Waals surface area contributed by atoms with Crippen molar-refractivity contribution in [2.24, 2.45) is 12.0 Å². The molecule has 0 spiro atoms. The molecular weight excluding hydrogens is 394 g/mol. The van der Waals surface area contributed by atoms with Gasteiger partial charge in [-0.15, -0.1) is 21.5 Å². The highest BCUT2D eigenvalue weighted by atomic mass is 32.1. The lowest BCUT2D eigenvalue weighted by molar-refractivity contribution is 0.643. The molecule has 3 heterocycles. The summed E-state index contributed by atoms with van der Waals surface area (Å²) in [5, 5.41) is 17.6. The molecule has 1 atom stereocenters. The molecule has 0 saturated carbocycles. The fourth-order valence-electron chi connectivity index (χ4n) is 3.59. The van der Waals surface area contributed by atoms with Gasteiger partial charge in [0.05, 0.1) is 0 Å². The number of para-hydroxylation sites is 1. The number of guanidine groups is 1. The SMILES string of the molecule is Cc1nnc(CN=C(NCCc2cccs2)NC2CCN(c3ccccc3)C2)n1C. The van der Waals surface area contributed by atoms with Crippen molar-refractivity contribution in [3.63, 3.8) is 0 Å². The quantitative estimate of drug-likeness (QED) is 0.452. The van der Waals surface area contributed by atoms with Gasteiger partial charge in [0, 0.05) is 43.3 Å². The van der Waals surface area contributed by atoms with E-state index in [1.54, 1.807) is 11.3 Å². The van der Waals surface area contributed by atoms with E-state index in [1.165, 1.54) is 10.6 Å². The molecule has 1 fully saturated rings. The Morgan fingerprint density at radius 2 is 2.07 bits per heavy atom. The van der Waals surface area contributed by atoms with Crippen molar-refractivity contribution in [3.8, 4) is 0 Å². The van der Waals surface area contributed by atoms with E-state index < -0.39 is 0 Å². The van der Waals surface area contributed by atoms with Crippen LogP contribution in [0.5, 0.6) is 0 Å². The van der Waals surface area contributed by atoms with E-state index in [9.17, 15) is 0 Å². The van der Waals surface area contributed by atoms with Crippen LogP contribution in [0.3, 0.4) is 0 Å². The van der Waals surface area contributed by atoms with Crippen molar-refractivity contribution in [3.05, 3.63) is 64.4 Å².